The van der Waals surface area contributed by atoms with Crippen LogP contribution in [0.4, 0.5) is 0 Å². The molecule has 0 radical (unpaired) electrons. The van der Waals surface area contributed by atoms with Gasteiger partial charge < -0.3 is 9.64 Å². The fraction of sp³-hybridized carbons (Fsp3) is 0.700. The van der Waals surface area contributed by atoms with Gasteiger partial charge in [0.2, 0.25) is 5.91 Å². The first kappa shape index (κ1) is 8.75. The molecule has 1 amide bonds. The SMILES string of the molecule is C/C=C/C(=O)N1CC2COC(C2)C1. The van der Waals surface area contributed by atoms with E-state index >= 15 is 0 Å². The predicted octanol–water partition coefficient (Wildman–Crippen LogP) is 0.810. The number of piperidine rings is 1. The number of carbonyl (C=O) groups excluding carboxylic acids is 1. The highest BCUT2D eigenvalue weighted by Crippen LogP contribution is 2.26. The fourth-order valence-electron chi connectivity index (χ4n) is 2.09. The average Bonchev–Trinajstić information content (AvgIpc) is 2.46. The van der Waals surface area contributed by atoms with Crippen molar-refractivity contribution >= 4 is 5.91 Å². The maximum Gasteiger partial charge on any atom is 0.246 e. The summed E-state index contributed by atoms with van der Waals surface area (Å²) in [4.78, 5) is 13.4. The second-order valence-electron chi connectivity index (χ2n) is 3.80. The minimum atomic E-state index is 0.128. The molecule has 2 aliphatic rings. The lowest BCUT2D eigenvalue weighted by Gasteiger charge is -2.29. The summed E-state index contributed by atoms with van der Waals surface area (Å²) < 4.78 is 5.52. The Morgan fingerprint density at radius 2 is 2.38 bits per heavy atom. The number of amides is 1. The van der Waals surface area contributed by atoms with Crippen molar-refractivity contribution in [2.75, 3.05) is 19.7 Å². The van der Waals surface area contributed by atoms with Crippen molar-refractivity contribution in [3.05, 3.63) is 12.2 Å². The topological polar surface area (TPSA) is 29.5 Å². The minimum absolute atomic E-state index is 0.128. The number of nitrogens with zero attached hydrogens (tertiary/aromatic N) is 1. The van der Waals surface area contributed by atoms with E-state index in [-0.39, 0.29) is 5.91 Å². The number of allylic oxidation sites excluding steroid dienone is 1. The molecule has 0 aromatic heterocycles. The van der Waals surface area contributed by atoms with Crippen LogP contribution >= 0.6 is 0 Å². The fourth-order valence-corrected chi connectivity index (χ4v) is 2.09. The molecule has 0 aromatic carbocycles. The lowest BCUT2D eigenvalue weighted by Crippen LogP contribution is -2.42. The first-order valence-electron chi connectivity index (χ1n) is 4.83. The normalized spacial score (nSPS) is 32.8. The Hall–Kier alpha value is -0.830. The number of likely N-dealkylation sites (tertiary alicyclic amines) is 1. The van der Waals surface area contributed by atoms with E-state index in [0.717, 1.165) is 26.1 Å². The van der Waals surface area contributed by atoms with Crippen LogP contribution in [0.3, 0.4) is 0 Å². The van der Waals surface area contributed by atoms with E-state index in [0.29, 0.717) is 12.0 Å². The van der Waals surface area contributed by atoms with Crippen molar-refractivity contribution in [2.24, 2.45) is 5.92 Å². The standard InChI is InChI=1S/C10H15NO2/c1-2-3-10(12)11-5-8-4-9(6-11)13-7-8/h2-3,8-9H,4-7H2,1H3/b3-2+. The largest absolute Gasteiger partial charge is 0.376 e. The summed E-state index contributed by atoms with van der Waals surface area (Å²) in [7, 11) is 0. The lowest BCUT2D eigenvalue weighted by molar-refractivity contribution is -0.128. The molecule has 2 heterocycles. The van der Waals surface area contributed by atoms with Crippen LogP contribution < -0.4 is 0 Å². The zero-order chi connectivity index (χ0) is 9.26. The third-order valence-electron chi connectivity index (χ3n) is 2.69. The molecule has 0 saturated carbocycles. The molecule has 72 valence electrons. The van der Waals surface area contributed by atoms with Crippen molar-refractivity contribution in [1.82, 2.24) is 4.90 Å². The summed E-state index contributed by atoms with van der Waals surface area (Å²) in [5.74, 6) is 0.704. The van der Waals surface area contributed by atoms with Gasteiger partial charge in [0, 0.05) is 19.0 Å². The third-order valence-corrected chi connectivity index (χ3v) is 2.69. The second-order valence-corrected chi connectivity index (χ2v) is 3.80. The van der Waals surface area contributed by atoms with Crippen LogP contribution in [0.5, 0.6) is 0 Å². The van der Waals surface area contributed by atoms with Gasteiger partial charge in [-0.2, -0.15) is 0 Å². The van der Waals surface area contributed by atoms with E-state index in [1.807, 2.05) is 11.8 Å². The molecule has 0 N–H and O–H groups in total. The molecule has 0 spiro atoms. The van der Waals surface area contributed by atoms with E-state index < -0.39 is 0 Å². The van der Waals surface area contributed by atoms with Gasteiger partial charge in [-0.3, -0.25) is 4.79 Å². The van der Waals surface area contributed by atoms with Gasteiger partial charge in [-0.15, -0.1) is 0 Å². The Morgan fingerprint density at radius 3 is 3.08 bits per heavy atom. The summed E-state index contributed by atoms with van der Waals surface area (Å²) in [6.45, 7) is 4.36. The van der Waals surface area contributed by atoms with Crippen molar-refractivity contribution in [3.8, 4) is 0 Å². The summed E-state index contributed by atoms with van der Waals surface area (Å²) in [5.41, 5.74) is 0. The summed E-state index contributed by atoms with van der Waals surface area (Å²) in [5, 5.41) is 0. The maximum atomic E-state index is 11.5. The number of fused-ring (bicyclic) bond motifs is 2. The van der Waals surface area contributed by atoms with E-state index in [2.05, 4.69) is 0 Å². The van der Waals surface area contributed by atoms with Gasteiger partial charge >= 0.3 is 0 Å². The molecule has 2 rings (SSSR count). The number of hydrogen-bond acceptors (Lipinski definition) is 2. The van der Waals surface area contributed by atoms with Crippen LogP contribution in [-0.2, 0) is 9.53 Å². The molecule has 0 aromatic rings. The third kappa shape index (κ3) is 1.75. The lowest BCUT2D eigenvalue weighted by atomic mass is 10.0. The maximum absolute atomic E-state index is 11.5. The van der Waals surface area contributed by atoms with E-state index in [4.69, 9.17) is 4.74 Å². The molecule has 2 bridgehead atoms. The Morgan fingerprint density at radius 1 is 1.54 bits per heavy atom. The second kappa shape index (κ2) is 3.50. The van der Waals surface area contributed by atoms with Crippen LogP contribution in [0.2, 0.25) is 0 Å². The minimum Gasteiger partial charge on any atom is -0.376 e. The van der Waals surface area contributed by atoms with Crippen molar-refractivity contribution in [2.45, 2.75) is 19.4 Å². The van der Waals surface area contributed by atoms with Gasteiger partial charge in [0.1, 0.15) is 0 Å². The number of hydrogen-bond donors (Lipinski definition) is 0. The zero-order valence-corrected chi connectivity index (χ0v) is 7.90. The molecule has 13 heavy (non-hydrogen) atoms. The Balaban J connectivity index is 1.98. The van der Waals surface area contributed by atoms with Gasteiger partial charge in [-0.05, 0) is 19.4 Å². The first-order valence-corrected chi connectivity index (χ1v) is 4.83. The van der Waals surface area contributed by atoms with Crippen molar-refractivity contribution in [1.29, 1.82) is 0 Å². The van der Waals surface area contributed by atoms with Gasteiger partial charge in [-0.25, -0.2) is 0 Å². The quantitative estimate of drug-likeness (QED) is 0.560. The highest BCUT2D eigenvalue weighted by molar-refractivity contribution is 5.87. The Kier molecular flexibility index (Phi) is 2.36. The van der Waals surface area contributed by atoms with Crippen LogP contribution in [0, 0.1) is 5.92 Å². The molecule has 2 atom stereocenters. The molecule has 2 unspecified atom stereocenters. The van der Waals surface area contributed by atoms with Gasteiger partial charge in [0.05, 0.1) is 12.7 Å². The predicted molar refractivity (Wildman–Crippen MR) is 49.2 cm³/mol. The summed E-state index contributed by atoms with van der Waals surface area (Å²) in [6, 6.07) is 0. The monoisotopic (exact) mass is 181 g/mol. The molecular formula is C10H15NO2. The molecule has 3 nitrogen and oxygen atoms in total. The Labute approximate surface area is 78.4 Å². The van der Waals surface area contributed by atoms with Gasteiger partial charge in [0.15, 0.2) is 0 Å². The number of carbonyl (C=O) groups is 1. The van der Waals surface area contributed by atoms with Crippen LogP contribution in [0.1, 0.15) is 13.3 Å². The number of ether oxygens (including phenoxy) is 1. The van der Waals surface area contributed by atoms with E-state index in [1.54, 1.807) is 12.2 Å². The van der Waals surface area contributed by atoms with E-state index in [1.165, 1.54) is 0 Å². The summed E-state index contributed by atoms with van der Waals surface area (Å²) in [6.07, 6.45) is 4.86. The van der Waals surface area contributed by atoms with Crippen molar-refractivity contribution in [3.63, 3.8) is 0 Å². The number of rotatable bonds is 1. The molecule has 2 fully saturated rings. The summed E-state index contributed by atoms with van der Waals surface area (Å²) >= 11 is 0. The van der Waals surface area contributed by atoms with Crippen LogP contribution in [0.25, 0.3) is 0 Å². The Bertz CT molecular complexity index is 225. The van der Waals surface area contributed by atoms with Crippen LogP contribution in [-0.4, -0.2) is 36.6 Å². The highest BCUT2D eigenvalue weighted by atomic mass is 16.5. The highest BCUT2D eigenvalue weighted by Gasteiger charge is 2.34. The molecule has 3 heteroatoms. The molecule has 2 saturated heterocycles. The smallest absolute Gasteiger partial charge is 0.246 e. The van der Waals surface area contributed by atoms with Crippen LogP contribution in [0.15, 0.2) is 12.2 Å². The van der Waals surface area contributed by atoms with Gasteiger partial charge in [0.25, 0.3) is 0 Å². The molecule has 0 aliphatic carbocycles. The van der Waals surface area contributed by atoms with Gasteiger partial charge in [-0.1, -0.05) is 6.08 Å². The average molecular weight is 181 g/mol. The van der Waals surface area contributed by atoms with Crippen molar-refractivity contribution < 1.29 is 9.53 Å². The first-order chi connectivity index (χ1) is 6.29. The van der Waals surface area contributed by atoms with E-state index in [9.17, 15) is 4.79 Å². The zero-order valence-electron chi connectivity index (χ0n) is 7.90. The molecular weight excluding hydrogens is 166 g/mol. The molecule has 2 aliphatic heterocycles.